The Balaban J connectivity index is 1.60. The number of carbonyl (C=O) groups is 2. The van der Waals surface area contributed by atoms with Gasteiger partial charge in [-0.2, -0.15) is 0 Å². The fourth-order valence-corrected chi connectivity index (χ4v) is 3.88. The molecule has 25 heavy (non-hydrogen) atoms. The monoisotopic (exact) mass is 359 g/mol. The second kappa shape index (κ2) is 7.69. The fraction of sp³-hybridized carbons (Fsp3) is 0.471. The van der Waals surface area contributed by atoms with Crippen molar-refractivity contribution in [2.45, 2.75) is 39.2 Å². The minimum absolute atomic E-state index is 0.0385. The molecular formula is C17H21N5O2S. The summed E-state index contributed by atoms with van der Waals surface area (Å²) in [4.78, 5) is 39.8. The number of hydrogen-bond acceptors (Lipinski definition) is 6. The second-order valence-corrected chi connectivity index (χ2v) is 7.33. The van der Waals surface area contributed by atoms with Crippen molar-refractivity contribution >= 4 is 23.2 Å². The fourth-order valence-electron chi connectivity index (χ4n) is 2.99. The molecule has 2 aromatic rings. The molecule has 0 aliphatic carbocycles. The van der Waals surface area contributed by atoms with Gasteiger partial charge in [-0.05, 0) is 33.1 Å². The van der Waals surface area contributed by atoms with Crippen molar-refractivity contribution in [2.75, 3.05) is 13.1 Å². The first-order chi connectivity index (χ1) is 12.0. The third-order valence-corrected chi connectivity index (χ3v) is 5.30. The Morgan fingerprint density at radius 3 is 2.76 bits per heavy atom. The van der Waals surface area contributed by atoms with Crippen LogP contribution in [0.25, 0.3) is 0 Å². The molecule has 0 spiro atoms. The van der Waals surface area contributed by atoms with Crippen LogP contribution in [0.15, 0.2) is 18.6 Å². The van der Waals surface area contributed by atoms with Gasteiger partial charge >= 0.3 is 0 Å². The molecule has 0 radical (unpaired) electrons. The molecule has 1 aliphatic rings. The first-order valence-corrected chi connectivity index (χ1v) is 9.16. The minimum Gasteiger partial charge on any atom is -0.348 e. The summed E-state index contributed by atoms with van der Waals surface area (Å²) in [6.07, 6.45) is 6.92. The van der Waals surface area contributed by atoms with Crippen molar-refractivity contribution in [1.29, 1.82) is 0 Å². The van der Waals surface area contributed by atoms with E-state index in [9.17, 15) is 9.59 Å². The molecule has 1 atom stereocenters. The molecule has 132 valence electrons. The van der Waals surface area contributed by atoms with Gasteiger partial charge in [0.1, 0.15) is 10.6 Å². The second-order valence-electron chi connectivity index (χ2n) is 6.13. The van der Waals surface area contributed by atoms with Crippen molar-refractivity contribution in [3.05, 3.63) is 39.9 Å². The lowest BCUT2D eigenvalue weighted by atomic mass is 10.1. The summed E-state index contributed by atoms with van der Waals surface area (Å²) >= 11 is 1.44. The summed E-state index contributed by atoms with van der Waals surface area (Å²) in [5.74, 6) is -0.171. The zero-order valence-corrected chi connectivity index (χ0v) is 15.2. The smallest absolute Gasteiger partial charge is 0.271 e. The van der Waals surface area contributed by atoms with Crippen LogP contribution in [0.3, 0.4) is 0 Å². The molecule has 0 saturated carbocycles. The molecule has 0 bridgehead atoms. The van der Waals surface area contributed by atoms with Gasteiger partial charge in [0.2, 0.25) is 0 Å². The SMILES string of the molecule is Cc1nc(C)c(C(=O)N2CCC[C@H](NC(=O)c3cnccn3)CC2)s1. The Kier molecular flexibility index (Phi) is 5.37. The molecule has 8 heteroatoms. The first-order valence-electron chi connectivity index (χ1n) is 8.35. The summed E-state index contributed by atoms with van der Waals surface area (Å²) in [6.45, 7) is 5.11. The Morgan fingerprint density at radius 1 is 1.24 bits per heavy atom. The summed E-state index contributed by atoms with van der Waals surface area (Å²) in [7, 11) is 0. The Labute approximate surface area is 150 Å². The van der Waals surface area contributed by atoms with Crippen LogP contribution in [0.2, 0.25) is 0 Å². The molecule has 2 aromatic heterocycles. The van der Waals surface area contributed by atoms with E-state index in [0.717, 1.165) is 34.8 Å². The summed E-state index contributed by atoms with van der Waals surface area (Å²) in [5, 5.41) is 3.91. The number of likely N-dealkylation sites (tertiary alicyclic amines) is 1. The highest BCUT2D eigenvalue weighted by molar-refractivity contribution is 7.13. The summed E-state index contributed by atoms with van der Waals surface area (Å²) in [5.41, 5.74) is 1.11. The highest BCUT2D eigenvalue weighted by Gasteiger charge is 2.25. The van der Waals surface area contributed by atoms with E-state index >= 15 is 0 Å². The Morgan fingerprint density at radius 2 is 2.08 bits per heavy atom. The average Bonchev–Trinajstić information content (AvgIpc) is 2.81. The van der Waals surface area contributed by atoms with Gasteiger partial charge < -0.3 is 10.2 Å². The largest absolute Gasteiger partial charge is 0.348 e. The average molecular weight is 359 g/mol. The molecule has 3 rings (SSSR count). The molecule has 0 unspecified atom stereocenters. The van der Waals surface area contributed by atoms with Crippen LogP contribution in [0, 0.1) is 13.8 Å². The number of aryl methyl sites for hydroxylation is 2. The van der Waals surface area contributed by atoms with Crippen LogP contribution in [-0.2, 0) is 0 Å². The van der Waals surface area contributed by atoms with E-state index in [2.05, 4.69) is 20.3 Å². The molecule has 2 amide bonds. The van der Waals surface area contributed by atoms with Crippen LogP contribution in [0.5, 0.6) is 0 Å². The zero-order valence-electron chi connectivity index (χ0n) is 14.4. The maximum absolute atomic E-state index is 12.7. The molecule has 0 aromatic carbocycles. The van der Waals surface area contributed by atoms with Crippen LogP contribution < -0.4 is 5.32 Å². The number of thiazole rings is 1. The van der Waals surface area contributed by atoms with Gasteiger partial charge in [-0.25, -0.2) is 9.97 Å². The highest BCUT2D eigenvalue weighted by Crippen LogP contribution is 2.21. The summed E-state index contributed by atoms with van der Waals surface area (Å²) in [6, 6.07) is 0.0385. The third-order valence-electron chi connectivity index (χ3n) is 4.24. The van der Waals surface area contributed by atoms with E-state index in [-0.39, 0.29) is 17.9 Å². The van der Waals surface area contributed by atoms with Gasteiger partial charge in [0.25, 0.3) is 11.8 Å². The Bertz CT molecular complexity index is 762. The van der Waals surface area contributed by atoms with E-state index in [1.165, 1.54) is 29.9 Å². The summed E-state index contributed by atoms with van der Waals surface area (Å²) < 4.78 is 0. The molecule has 1 aliphatic heterocycles. The molecule has 1 N–H and O–H groups in total. The topological polar surface area (TPSA) is 88.1 Å². The lowest BCUT2D eigenvalue weighted by molar-refractivity contribution is 0.0764. The number of carbonyl (C=O) groups excluding carboxylic acids is 2. The van der Waals surface area contributed by atoms with E-state index in [1.807, 2.05) is 18.7 Å². The zero-order chi connectivity index (χ0) is 17.8. The van der Waals surface area contributed by atoms with Gasteiger partial charge in [0, 0.05) is 31.5 Å². The van der Waals surface area contributed by atoms with Crippen molar-refractivity contribution in [2.24, 2.45) is 0 Å². The molecule has 1 saturated heterocycles. The van der Waals surface area contributed by atoms with Gasteiger partial charge in [-0.15, -0.1) is 11.3 Å². The first kappa shape index (κ1) is 17.5. The van der Waals surface area contributed by atoms with Gasteiger partial charge in [-0.1, -0.05) is 0 Å². The van der Waals surface area contributed by atoms with E-state index in [1.54, 1.807) is 0 Å². The lowest BCUT2D eigenvalue weighted by Gasteiger charge is -2.20. The normalized spacial score (nSPS) is 17.8. The van der Waals surface area contributed by atoms with Crippen LogP contribution in [-0.4, -0.2) is 50.8 Å². The predicted molar refractivity (Wildman–Crippen MR) is 94.6 cm³/mol. The Hall–Kier alpha value is -2.35. The van der Waals surface area contributed by atoms with Crippen LogP contribution in [0.4, 0.5) is 0 Å². The van der Waals surface area contributed by atoms with E-state index < -0.39 is 0 Å². The minimum atomic E-state index is -0.216. The number of nitrogens with one attached hydrogen (secondary N) is 1. The van der Waals surface area contributed by atoms with Crippen molar-refractivity contribution < 1.29 is 9.59 Å². The van der Waals surface area contributed by atoms with Crippen molar-refractivity contribution in [3.63, 3.8) is 0 Å². The maximum Gasteiger partial charge on any atom is 0.271 e. The highest BCUT2D eigenvalue weighted by atomic mass is 32.1. The maximum atomic E-state index is 12.7. The number of aromatic nitrogens is 3. The molecule has 7 nitrogen and oxygen atoms in total. The quantitative estimate of drug-likeness (QED) is 0.905. The van der Waals surface area contributed by atoms with Crippen molar-refractivity contribution in [1.82, 2.24) is 25.2 Å². The lowest BCUT2D eigenvalue weighted by Crippen LogP contribution is -2.37. The number of rotatable bonds is 3. The van der Waals surface area contributed by atoms with E-state index in [4.69, 9.17) is 0 Å². The standard InChI is InChI=1S/C17H21N5O2S/c1-11-15(25-12(2)20-11)17(24)22-8-3-4-13(5-9-22)21-16(23)14-10-18-6-7-19-14/h6-7,10,13H,3-5,8-9H2,1-2H3,(H,21,23)/t13-/m0/s1. The molecule has 1 fully saturated rings. The number of hydrogen-bond donors (Lipinski definition) is 1. The van der Waals surface area contributed by atoms with Gasteiger partial charge in [-0.3, -0.25) is 14.6 Å². The molecule has 3 heterocycles. The van der Waals surface area contributed by atoms with E-state index in [0.29, 0.717) is 18.8 Å². The molecular weight excluding hydrogens is 338 g/mol. The van der Waals surface area contributed by atoms with Gasteiger partial charge in [0.15, 0.2) is 0 Å². The van der Waals surface area contributed by atoms with Gasteiger partial charge in [0.05, 0.1) is 16.9 Å². The predicted octanol–water partition coefficient (Wildman–Crippen LogP) is 1.97. The third kappa shape index (κ3) is 4.19. The van der Waals surface area contributed by atoms with Crippen LogP contribution in [0.1, 0.15) is 50.1 Å². The van der Waals surface area contributed by atoms with Crippen molar-refractivity contribution in [3.8, 4) is 0 Å². The number of nitrogens with zero attached hydrogens (tertiary/aromatic N) is 4. The van der Waals surface area contributed by atoms with Crippen LogP contribution >= 0.6 is 11.3 Å². The number of amides is 2.